The van der Waals surface area contributed by atoms with Gasteiger partial charge in [-0.25, -0.2) is 4.79 Å². The summed E-state index contributed by atoms with van der Waals surface area (Å²) in [5.74, 6) is -0.823. The normalized spacial score (nSPS) is 12.0. The minimum Gasteiger partial charge on any atom is -0.493 e. The summed E-state index contributed by atoms with van der Waals surface area (Å²) >= 11 is 0. The third-order valence-electron chi connectivity index (χ3n) is 2.83. The number of rotatable bonds is 8. The van der Waals surface area contributed by atoms with Crippen LogP contribution in [0.1, 0.15) is 27.2 Å². The van der Waals surface area contributed by atoms with Gasteiger partial charge in [0.2, 0.25) is 0 Å². The first-order valence-corrected chi connectivity index (χ1v) is 6.76. The molecular weight excluding hydrogens is 276 g/mol. The van der Waals surface area contributed by atoms with Gasteiger partial charge >= 0.3 is 5.97 Å². The summed E-state index contributed by atoms with van der Waals surface area (Å²) in [4.78, 5) is 21.6. The number of carboxylic acids is 1. The first-order valence-electron chi connectivity index (χ1n) is 6.76. The van der Waals surface area contributed by atoms with Crippen LogP contribution in [0.2, 0.25) is 0 Å². The van der Waals surface area contributed by atoms with Gasteiger partial charge < -0.3 is 15.2 Å². The number of aliphatic carboxylic acids is 1. The van der Waals surface area contributed by atoms with E-state index in [0.29, 0.717) is 18.0 Å². The molecule has 0 saturated carbocycles. The number of carboxylic acid groups (broad SMARTS) is 1. The molecule has 0 saturated heterocycles. The quantitative estimate of drug-likeness (QED) is 0.565. The Bertz CT molecular complexity index is 516. The molecule has 1 atom stereocenters. The zero-order valence-electron chi connectivity index (χ0n) is 12.3. The van der Waals surface area contributed by atoms with Crippen molar-refractivity contribution in [2.24, 2.45) is 5.92 Å². The van der Waals surface area contributed by atoms with Gasteiger partial charge in [-0.3, -0.25) is 10.1 Å². The number of benzene rings is 1. The molecule has 7 heteroatoms. The monoisotopic (exact) mass is 296 g/mol. The van der Waals surface area contributed by atoms with Gasteiger partial charge in [0.1, 0.15) is 11.8 Å². The molecule has 0 aliphatic rings. The molecule has 0 heterocycles. The maximum Gasteiger partial charge on any atom is 0.326 e. The Labute approximate surface area is 123 Å². The third kappa shape index (κ3) is 4.94. The topological polar surface area (TPSA) is 102 Å². The van der Waals surface area contributed by atoms with E-state index in [1.165, 1.54) is 12.1 Å². The number of nitrogens with zero attached hydrogens (tertiary/aromatic N) is 1. The standard InChI is InChI=1S/C14H20N2O5/c1-4-5-21-12-7-10(6-11(8-12)16(19)20)15-13(9(2)3)14(17)18/h6-9,13,15H,4-5H2,1-3H3,(H,17,18). The molecule has 0 radical (unpaired) electrons. The number of anilines is 1. The average Bonchev–Trinajstić information content (AvgIpc) is 2.41. The van der Waals surface area contributed by atoms with Crippen LogP contribution in [0.25, 0.3) is 0 Å². The van der Waals surface area contributed by atoms with E-state index in [1.807, 2.05) is 6.92 Å². The van der Waals surface area contributed by atoms with E-state index in [1.54, 1.807) is 19.9 Å². The number of hydrogen-bond donors (Lipinski definition) is 2. The van der Waals surface area contributed by atoms with Crippen molar-refractivity contribution in [3.63, 3.8) is 0 Å². The van der Waals surface area contributed by atoms with Crippen LogP contribution in [0, 0.1) is 16.0 Å². The van der Waals surface area contributed by atoms with Gasteiger partial charge in [0.15, 0.2) is 0 Å². The van der Waals surface area contributed by atoms with Crippen LogP contribution < -0.4 is 10.1 Å². The van der Waals surface area contributed by atoms with Crippen molar-refractivity contribution in [1.82, 2.24) is 0 Å². The van der Waals surface area contributed by atoms with Crippen LogP contribution in [0.15, 0.2) is 18.2 Å². The molecule has 0 fully saturated rings. The van der Waals surface area contributed by atoms with E-state index in [-0.39, 0.29) is 11.6 Å². The number of non-ortho nitro benzene ring substituents is 1. The summed E-state index contributed by atoms with van der Waals surface area (Å²) in [7, 11) is 0. The van der Waals surface area contributed by atoms with Crippen LogP contribution in [0.5, 0.6) is 5.75 Å². The summed E-state index contributed by atoms with van der Waals surface area (Å²) in [5.41, 5.74) is 0.218. The molecule has 0 aromatic heterocycles. The largest absolute Gasteiger partial charge is 0.493 e. The van der Waals surface area contributed by atoms with Gasteiger partial charge in [-0.1, -0.05) is 20.8 Å². The van der Waals surface area contributed by atoms with Crippen LogP contribution in [0.4, 0.5) is 11.4 Å². The Morgan fingerprint density at radius 2 is 2.10 bits per heavy atom. The Morgan fingerprint density at radius 3 is 2.57 bits per heavy atom. The lowest BCUT2D eigenvalue weighted by Gasteiger charge is -2.19. The van der Waals surface area contributed by atoms with Gasteiger partial charge in [0, 0.05) is 17.8 Å². The van der Waals surface area contributed by atoms with Crippen molar-refractivity contribution in [3.05, 3.63) is 28.3 Å². The minimum absolute atomic E-state index is 0.140. The maximum atomic E-state index is 11.2. The Balaban J connectivity index is 3.06. The number of nitro benzene ring substituents is 1. The van der Waals surface area contributed by atoms with Crippen molar-refractivity contribution >= 4 is 17.3 Å². The van der Waals surface area contributed by atoms with Gasteiger partial charge in [0.05, 0.1) is 17.6 Å². The van der Waals surface area contributed by atoms with Crippen molar-refractivity contribution in [2.75, 3.05) is 11.9 Å². The summed E-state index contributed by atoms with van der Waals surface area (Å²) in [6.07, 6.45) is 0.773. The minimum atomic E-state index is -1.01. The molecule has 0 spiro atoms. The second kappa shape index (κ2) is 7.47. The van der Waals surface area contributed by atoms with E-state index >= 15 is 0 Å². The predicted molar refractivity (Wildman–Crippen MR) is 78.8 cm³/mol. The van der Waals surface area contributed by atoms with E-state index < -0.39 is 16.9 Å². The van der Waals surface area contributed by atoms with E-state index in [0.717, 1.165) is 6.42 Å². The second-order valence-electron chi connectivity index (χ2n) is 5.03. The number of nitro groups is 1. The van der Waals surface area contributed by atoms with Crippen LogP contribution in [0.3, 0.4) is 0 Å². The molecule has 1 aromatic rings. The molecule has 1 rings (SSSR count). The van der Waals surface area contributed by atoms with Gasteiger partial charge in [0.25, 0.3) is 5.69 Å². The van der Waals surface area contributed by atoms with Gasteiger partial charge in [-0.2, -0.15) is 0 Å². The molecular formula is C14H20N2O5. The SMILES string of the molecule is CCCOc1cc(NC(C(=O)O)C(C)C)cc([N+](=O)[O-])c1. The molecule has 0 aliphatic carbocycles. The van der Waals surface area contributed by atoms with Gasteiger partial charge in [-0.15, -0.1) is 0 Å². The highest BCUT2D eigenvalue weighted by atomic mass is 16.6. The zero-order chi connectivity index (χ0) is 16.0. The van der Waals surface area contributed by atoms with Crippen molar-refractivity contribution in [3.8, 4) is 5.75 Å². The summed E-state index contributed by atoms with van der Waals surface area (Å²) in [5, 5.41) is 22.9. The highest BCUT2D eigenvalue weighted by Crippen LogP contribution is 2.27. The van der Waals surface area contributed by atoms with Crippen molar-refractivity contribution in [1.29, 1.82) is 0 Å². The number of ether oxygens (including phenoxy) is 1. The molecule has 2 N–H and O–H groups in total. The molecule has 21 heavy (non-hydrogen) atoms. The average molecular weight is 296 g/mol. The number of hydrogen-bond acceptors (Lipinski definition) is 5. The fourth-order valence-corrected chi connectivity index (χ4v) is 1.77. The zero-order valence-corrected chi connectivity index (χ0v) is 12.3. The lowest BCUT2D eigenvalue weighted by atomic mass is 10.0. The molecule has 1 aromatic carbocycles. The van der Waals surface area contributed by atoms with Crippen LogP contribution in [-0.4, -0.2) is 28.6 Å². The Kier molecular flexibility index (Phi) is 5.95. The van der Waals surface area contributed by atoms with Crippen LogP contribution in [-0.2, 0) is 4.79 Å². The number of nitrogens with one attached hydrogen (secondary N) is 1. The second-order valence-corrected chi connectivity index (χ2v) is 5.03. The molecule has 116 valence electrons. The fraction of sp³-hybridized carbons (Fsp3) is 0.500. The smallest absolute Gasteiger partial charge is 0.326 e. The molecule has 7 nitrogen and oxygen atoms in total. The first-order chi connectivity index (χ1) is 9.85. The van der Waals surface area contributed by atoms with Crippen LogP contribution >= 0.6 is 0 Å². The van der Waals surface area contributed by atoms with E-state index in [4.69, 9.17) is 9.84 Å². The highest BCUT2D eigenvalue weighted by Gasteiger charge is 2.22. The number of carbonyl (C=O) groups is 1. The predicted octanol–water partition coefficient (Wildman–Crippen LogP) is 2.90. The lowest BCUT2D eigenvalue weighted by molar-refractivity contribution is -0.384. The lowest BCUT2D eigenvalue weighted by Crippen LogP contribution is -2.34. The van der Waals surface area contributed by atoms with E-state index in [2.05, 4.69) is 5.32 Å². The first kappa shape index (κ1) is 16.7. The molecule has 1 unspecified atom stereocenters. The fourth-order valence-electron chi connectivity index (χ4n) is 1.77. The molecule has 0 aliphatic heterocycles. The van der Waals surface area contributed by atoms with E-state index in [9.17, 15) is 14.9 Å². The summed E-state index contributed by atoms with van der Waals surface area (Å²) in [6, 6.07) is 3.37. The van der Waals surface area contributed by atoms with Crippen molar-refractivity contribution in [2.45, 2.75) is 33.2 Å². The third-order valence-corrected chi connectivity index (χ3v) is 2.83. The highest BCUT2D eigenvalue weighted by molar-refractivity contribution is 5.78. The molecule has 0 amide bonds. The Hall–Kier alpha value is -2.31. The Morgan fingerprint density at radius 1 is 1.43 bits per heavy atom. The summed E-state index contributed by atoms with van der Waals surface area (Å²) in [6.45, 7) is 5.89. The van der Waals surface area contributed by atoms with Crippen molar-refractivity contribution < 1.29 is 19.6 Å². The van der Waals surface area contributed by atoms with Gasteiger partial charge in [-0.05, 0) is 12.3 Å². The maximum absolute atomic E-state index is 11.2. The summed E-state index contributed by atoms with van der Waals surface area (Å²) < 4.78 is 5.40. The molecule has 0 bridgehead atoms.